The van der Waals surface area contributed by atoms with Crippen LogP contribution in [0, 0.1) is 0 Å². The van der Waals surface area contributed by atoms with Crippen LogP contribution in [0.4, 0.5) is 17.3 Å². The van der Waals surface area contributed by atoms with Crippen LogP contribution < -0.4 is 9.80 Å². The zero-order valence-corrected chi connectivity index (χ0v) is 18.3. The highest BCUT2D eigenvalue weighted by Gasteiger charge is 2.48. The zero-order valence-electron chi connectivity index (χ0n) is 16.8. The average Bonchev–Trinajstić information content (AvgIpc) is 2.87. The fourth-order valence-corrected chi connectivity index (χ4v) is 4.55. The summed E-state index contributed by atoms with van der Waals surface area (Å²) in [5.41, 5.74) is 0.401. The van der Waals surface area contributed by atoms with Crippen molar-refractivity contribution in [2.45, 2.75) is 51.2 Å². The van der Waals surface area contributed by atoms with E-state index in [0.29, 0.717) is 22.9 Å². The van der Waals surface area contributed by atoms with Crippen LogP contribution >= 0.6 is 23.2 Å². The summed E-state index contributed by atoms with van der Waals surface area (Å²) in [4.78, 5) is 30.3. The lowest BCUT2D eigenvalue weighted by Crippen LogP contribution is -2.45. The molecule has 2 aromatic heterocycles. The first kappa shape index (κ1) is 20.3. The van der Waals surface area contributed by atoms with Gasteiger partial charge in [-0.15, -0.1) is 11.6 Å². The first-order valence-electron chi connectivity index (χ1n) is 9.56. The largest absolute Gasteiger partial charge is 0.372 e. The van der Waals surface area contributed by atoms with Crippen LogP contribution in [0.15, 0.2) is 18.3 Å². The number of carbonyl (C=O) groups excluding carboxylic acids is 1. The molecule has 0 bridgehead atoms. The summed E-state index contributed by atoms with van der Waals surface area (Å²) in [6.07, 6.45) is 1.97. The lowest BCUT2D eigenvalue weighted by atomic mass is 9.88. The molecule has 4 rings (SSSR count). The summed E-state index contributed by atoms with van der Waals surface area (Å²) < 4.78 is 5.79. The van der Waals surface area contributed by atoms with Crippen molar-refractivity contribution in [2.75, 3.05) is 22.9 Å². The predicted octanol–water partition coefficient (Wildman–Crippen LogP) is 3.83. The maximum absolute atomic E-state index is 13.2. The molecule has 0 saturated carbocycles. The normalized spacial score (nSPS) is 23.4. The second kappa shape index (κ2) is 7.38. The van der Waals surface area contributed by atoms with Gasteiger partial charge >= 0.3 is 0 Å². The van der Waals surface area contributed by atoms with Crippen molar-refractivity contribution in [3.63, 3.8) is 0 Å². The number of ether oxygens (including phenoxy) is 1. The van der Waals surface area contributed by atoms with Crippen LogP contribution in [-0.2, 0) is 20.8 Å². The first-order chi connectivity index (χ1) is 13.7. The minimum atomic E-state index is -0.842. The Morgan fingerprint density at radius 3 is 2.48 bits per heavy atom. The van der Waals surface area contributed by atoms with E-state index in [9.17, 15) is 4.79 Å². The number of morpholine rings is 1. The Hall–Kier alpha value is -1.96. The molecule has 9 heteroatoms. The van der Waals surface area contributed by atoms with E-state index < -0.39 is 5.41 Å². The fraction of sp³-hybridized carbons (Fsp3) is 0.500. The molecule has 2 aliphatic heterocycles. The fourth-order valence-electron chi connectivity index (χ4n) is 4.01. The van der Waals surface area contributed by atoms with Crippen molar-refractivity contribution >= 4 is 46.4 Å². The summed E-state index contributed by atoms with van der Waals surface area (Å²) in [7, 11) is 0. The second-order valence-corrected chi connectivity index (χ2v) is 8.69. The molecule has 1 saturated heterocycles. The van der Waals surface area contributed by atoms with Crippen LogP contribution in [0.5, 0.6) is 0 Å². The topological polar surface area (TPSA) is 71.5 Å². The molecule has 0 N–H and O–H groups in total. The van der Waals surface area contributed by atoms with Gasteiger partial charge in [-0.3, -0.25) is 9.69 Å². The number of hydrogen-bond donors (Lipinski definition) is 0. The predicted molar refractivity (Wildman–Crippen MR) is 113 cm³/mol. The van der Waals surface area contributed by atoms with E-state index in [1.54, 1.807) is 11.1 Å². The lowest BCUT2D eigenvalue weighted by molar-refractivity contribution is -0.121. The number of hydrogen-bond acceptors (Lipinski definition) is 6. The summed E-state index contributed by atoms with van der Waals surface area (Å²) in [6, 6.07) is 3.80. The summed E-state index contributed by atoms with van der Waals surface area (Å²) in [5, 5.41) is 0.257. The van der Waals surface area contributed by atoms with Gasteiger partial charge in [-0.05, 0) is 39.8 Å². The minimum Gasteiger partial charge on any atom is -0.372 e. The van der Waals surface area contributed by atoms with Gasteiger partial charge in [0.05, 0.1) is 35.4 Å². The van der Waals surface area contributed by atoms with Crippen molar-refractivity contribution < 1.29 is 9.53 Å². The lowest BCUT2D eigenvalue weighted by Gasteiger charge is -2.36. The first-order valence-corrected chi connectivity index (χ1v) is 10.5. The van der Waals surface area contributed by atoms with E-state index in [0.717, 1.165) is 18.9 Å². The molecule has 2 aromatic rings. The number of rotatable bonds is 3. The molecule has 0 spiro atoms. The van der Waals surface area contributed by atoms with Crippen molar-refractivity contribution in [3.8, 4) is 0 Å². The number of alkyl halides is 1. The van der Waals surface area contributed by atoms with E-state index in [4.69, 9.17) is 27.9 Å². The van der Waals surface area contributed by atoms with Crippen LogP contribution in [0.1, 0.15) is 39.1 Å². The third-order valence-electron chi connectivity index (χ3n) is 5.32. The minimum absolute atomic E-state index is 0.111. The van der Waals surface area contributed by atoms with E-state index in [1.165, 1.54) is 0 Å². The monoisotopic (exact) mass is 435 g/mol. The van der Waals surface area contributed by atoms with Gasteiger partial charge < -0.3 is 9.64 Å². The molecule has 7 nitrogen and oxygen atoms in total. The summed E-state index contributed by atoms with van der Waals surface area (Å²) >= 11 is 12.3. The Morgan fingerprint density at radius 1 is 1.21 bits per heavy atom. The van der Waals surface area contributed by atoms with Gasteiger partial charge in [-0.25, -0.2) is 15.0 Å². The van der Waals surface area contributed by atoms with E-state index >= 15 is 0 Å². The summed E-state index contributed by atoms with van der Waals surface area (Å²) in [5.74, 6) is 1.69. The maximum Gasteiger partial charge on any atom is 0.243 e. The van der Waals surface area contributed by atoms with Crippen molar-refractivity contribution in [3.05, 3.63) is 34.9 Å². The number of anilines is 3. The second-order valence-electron chi connectivity index (χ2n) is 8.07. The Labute approximate surface area is 180 Å². The van der Waals surface area contributed by atoms with Gasteiger partial charge in [0.15, 0.2) is 0 Å². The number of aromatic nitrogens is 3. The van der Waals surface area contributed by atoms with Crippen LogP contribution in [0.3, 0.4) is 0 Å². The SMILES string of the molecule is C[C@@H]1CN(c2ccc(N3C(=O)C(C)(C)c4c(Cl)nc(CCl)nc43)cn2)C[C@H](C)O1. The molecule has 4 heterocycles. The molecule has 2 aliphatic rings. The van der Waals surface area contributed by atoms with Gasteiger partial charge in [0, 0.05) is 18.7 Å². The molecule has 0 aromatic carbocycles. The standard InChI is InChI=1S/C20H23Cl2N5O2/c1-11-9-26(10-12(2)29-11)15-6-5-13(8-23-15)27-18-16(20(3,4)19(27)28)17(22)24-14(7-21)25-18/h5-6,8,11-12H,7,9-10H2,1-4H3/t11-,12+. The molecular weight excluding hydrogens is 413 g/mol. The maximum atomic E-state index is 13.2. The number of fused-ring (bicyclic) bond motifs is 1. The number of halogens is 2. The van der Waals surface area contributed by atoms with E-state index in [-0.39, 0.29) is 29.1 Å². The third kappa shape index (κ3) is 3.45. The molecule has 29 heavy (non-hydrogen) atoms. The molecule has 0 unspecified atom stereocenters. The Morgan fingerprint density at radius 2 is 1.90 bits per heavy atom. The van der Waals surface area contributed by atoms with Gasteiger partial charge in [-0.2, -0.15) is 0 Å². The molecular formula is C20H23Cl2N5O2. The molecule has 2 atom stereocenters. The van der Waals surface area contributed by atoms with Crippen molar-refractivity contribution in [1.29, 1.82) is 0 Å². The van der Waals surface area contributed by atoms with Gasteiger partial charge in [0.2, 0.25) is 5.91 Å². The van der Waals surface area contributed by atoms with Crippen LogP contribution in [-0.4, -0.2) is 46.2 Å². The highest BCUT2D eigenvalue weighted by Crippen LogP contribution is 2.46. The van der Waals surface area contributed by atoms with Gasteiger partial charge in [0.1, 0.15) is 22.6 Å². The van der Waals surface area contributed by atoms with E-state index in [1.807, 2.05) is 26.0 Å². The smallest absolute Gasteiger partial charge is 0.243 e. The molecule has 1 fully saturated rings. The van der Waals surface area contributed by atoms with Crippen molar-refractivity contribution in [2.24, 2.45) is 0 Å². The third-order valence-corrected chi connectivity index (χ3v) is 5.83. The highest BCUT2D eigenvalue weighted by molar-refractivity contribution is 6.32. The molecule has 0 aliphatic carbocycles. The zero-order chi connectivity index (χ0) is 20.9. The Kier molecular flexibility index (Phi) is 5.17. The molecule has 1 amide bonds. The molecule has 0 radical (unpaired) electrons. The summed E-state index contributed by atoms with van der Waals surface area (Å²) in [6.45, 7) is 9.30. The van der Waals surface area contributed by atoms with Crippen molar-refractivity contribution in [1.82, 2.24) is 15.0 Å². The number of pyridine rings is 1. The quantitative estimate of drug-likeness (QED) is 0.538. The van der Waals surface area contributed by atoms with Gasteiger partial charge in [0.25, 0.3) is 0 Å². The van der Waals surface area contributed by atoms with Crippen LogP contribution in [0.25, 0.3) is 0 Å². The van der Waals surface area contributed by atoms with Gasteiger partial charge in [-0.1, -0.05) is 11.6 Å². The molecule has 154 valence electrons. The Bertz CT molecular complexity index is 941. The van der Waals surface area contributed by atoms with Crippen LogP contribution in [0.2, 0.25) is 5.15 Å². The number of carbonyl (C=O) groups is 1. The number of nitrogens with zero attached hydrogens (tertiary/aromatic N) is 5. The number of amides is 1. The highest BCUT2D eigenvalue weighted by atomic mass is 35.5. The van der Waals surface area contributed by atoms with E-state index in [2.05, 4.69) is 33.7 Å². The average molecular weight is 436 g/mol. The Balaban J connectivity index is 1.71.